The van der Waals surface area contributed by atoms with E-state index in [1.54, 1.807) is 33.8 Å². The smallest absolute Gasteiger partial charge is 0.408 e. The third-order valence-electron chi connectivity index (χ3n) is 6.22. The molecule has 1 heterocycles. The van der Waals surface area contributed by atoms with Crippen molar-refractivity contribution in [3.05, 3.63) is 84.1 Å². The average Bonchev–Trinajstić information content (AvgIpc) is 3.39. The highest BCUT2D eigenvalue weighted by molar-refractivity contribution is 5.98. The van der Waals surface area contributed by atoms with E-state index in [2.05, 4.69) is 20.9 Å². The number of imidazole rings is 1. The van der Waals surface area contributed by atoms with Gasteiger partial charge in [0.05, 0.1) is 26.1 Å². The summed E-state index contributed by atoms with van der Waals surface area (Å²) in [6, 6.07) is 12.5. The Balaban J connectivity index is 1.79. The molecule has 0 saturated carbocycles. The van der Waals surface area contributed by atoms with Crippen molar-refractivity contribution in [3.63, 3.8) is 0 Å². The van der Waals surface area contributed by atoms with Crippen LogP contribution in [0.1, 0.15) is 58.7 Å². The van der Waals surface area contributed by atoms with Crippen LogP contribution >= 0.6 is 0 Å². The van der Waals surface area contributed by atoms with Crippen LogP contribution in [-0.4, -0.2) is 63.8 Å². The number of halogens is 1. The number of hydrogen-bond donors (Lipinski definition) is 3. The molecule has 2 aromatic carbocycles. The maximum Gasteiger partial charge on any atom is 0.408 e. The van der Waals surface area contributed by atoms with Crippen LogP contribution in [0.25, 0.3) is 0 Å². The van der Waals surface area contributed by atoms with E-state index in [9.17, 15) is 23.6 Å². The zero-order valence-electron chi connectivity index (χ0n) is 26.3. The number of nitrogens with zero attached hydrogens (tertiary/aromatic N) is 2. The van der Waals surface area contributed by atoms with Crippen molar-refractivity contribution in [2.24, 2.45) is 0 Å². The minimum absolute atomic E-state index is 0.0548. The van der Waals surface area contributed by atoms with Gasteiger partial charge in [0, 0.05) is 6.20 Å². The second-order valence-electron chi connectivity index (χ2n) is 11.7. The Morgan fingerprint density at radius 3 is 2.36 bits per heavy atom. The number of alkyl carbamates (subject to hydrolysis) is 1. The number of amides is 3. The molecule has 0 aliphatic carbocycles. The molecule has 3 amide bonds. The molecule has 45 heavy (non-hydrogen) atoms. The van der Waals surface area contributed by atoms with Crippen LogP contribution in [0.15, 0.2) is 67.1 Å². The van der Waals surface area contributed by atoms with Crippen LogP contribution in [0.3, 0.4) is 0 Å². The predicted octanol–water partition coefficient (Wildman–Crippen LogP) is 4.12. The van der Waals surface area contributed by atoms with Crippen LogP contribution in [0, 0.1) is 5.82 Å². The molecule has 1 aromatic heterocycles. The van der Waals surface area contributed by atoms with Gasteiger partial charge in [-0.3, -0.25) is 9.59 Å². The summed E-state index contributed by atoms with van der Waals surface area (Å²) in [4.78, 5) is 56.1. The maximum atomic E-state index is 14.0. The van der Waals surface area contributed by atoms with Gasteiger partial charge in [-0.2, -0.15) is 0 Å². The van der Waals surface area contributed by atoms with Crippen LogP contribution in [0.2, 0.25) is 0 Å². The van der Waals surface area contributed by atoms with Gasteiger partial charge in [0.25, 0.3) is 5.91 Å². The third-order valence-corrected chi connectivity index (χ3v) is 6.22. The molecule has 242 valence electrons. The number of rotatable bonds is 13. The molecule has 0 aliphatic rings. The summed E-state index contributed by atoms with van der Waals surface area (Å²) in [6.07, 6.45) is 1.89. The van der Waals surface area contributed by atoms with Crippen molar-refractivity contribution in [1.29, 1.82) is 0 Å². The van der Waals surface area contributed by atoms with Crippen LogP contribution in [-0.2, 0) is 35.2 Å². The Morgan fingerprint density at radius 2 is 1.71 bits per heavy atom. The number of aromatic nitrogens is 2. The number of anilines is 1. The van der Waals surface area contributed by atoms with Crippen molar-refractivity contribution in [3.8, 4) is 0 Å². The summed E-state index contributed by atoms with van der Waals surface area (Å²) in [6.45, 7) is 9.72. The van der Waals surface area contributed by atoms with E-state index in [4.69, 9.17) is 14.2 Å². The van der Waals surface area contributed by atoms with E-state index in [1.165, 1.54) is 49.1 Å². The Bertz CT molecular complexity index is 1470. The van der Waals surface area contributed by atoms with Gasteiger partial charge in [0.2, 0.25) is 5.91 Å². The quantitative estimate of drug-likeness (QED) is 0.240. The van der Waals surface area contributed by atoms with E-state index in [-0.39, 0.29) is 25.6 Å². The van der Waals surface area contributed by atoms with Gasteiger partial charge in [-0.1, -0.05) is 42.5 Å². The molecule has 3 aromatic rings. The third kappa shape index (κ3) is 10.7. The van der Waals surface area contributed by atoms with Gasteiger partial charge in [-0.05, 0) is 64.8 Å². The minimum Gasteiger partial charge on any atom is -0.464 e. The average molecular weight is 626 g/mol. The number of carbonyl (C=O) groups excluding carboxylic acids is 4. The lowest BCUT2D eigenvalue weighted by molar-refractivity contribution is -0.145. The molecule has 0 aliphatic heterocycles. The Hall–Kier alpha value is -4.78. The summed E-state index contributed by atoms with van der Waals surface area (Å²) in [5.74, 6) is -2.46. The number of carbonyl (C=O) groups is 4. The molecule has 0 radical (unpaired) electrons. The van der Waals surface area contributed by atoms with Gasteiger partial charge in [0.1, 0.15) is 23.0 Å². The number of nitrogens with one attached hydrogen (secondary N) is 3. The number of benzene rings is 2. The van der Waals surface area contributed by atoms with Crippen molar-refractivity contribution in [1.82, 2.24) is 20.2 Å². The molecule has 0 bridgehead atoms. The first-order valence-corrected chi connectivity index (χ1v) is 14.4. The molecule has 0 saturated heterocycles. The molecule has 12 nitrogen and oxygen atoms in total. The molecule has 3 rings (SSSR count). The first-order valence-electron chi connectivity index (χ1n) is 14.4. The second kappa shape index (κ2) is 15.3. The van der Waals surface area contributed by atoms with E-state index < -0.39 is 52.9 Å². The SMILES string of the molecule is CCOC(=O)C(c1cccc(F)c1)n1cnc(NC(=O)C(COCc2ccccc2)NC(=O)C(C)(C)NC(=O)OC(C)(C)C)c1. The number of hydrogen-bond acceptors (Lipinski definition) is 8. The highest BCUT2D eigenvalue weighted by Gasteiger charge is 2.35. The standard InChI is InChI=1S/C32H40FN5O7/c1-7-44-28(40)26(22-14-11-15-23(33)16-22)38-17-25(34-20-38)36-27(39)24(19-43-18-21-12-9-8-10-13-21)35-29(41)32(5,6)37-30(42)45-31(2,3)4/h8-17,20,24,26H,7,18-19H2,1-6H3,(H,35,41)(H,36,39)(H,37,42). The molecule has 2 unspecified atom stereocenters. The summed E-state index contributed by atoms with van der Waals surface area (Å²) in [7, 11) is 0. The van der Waals surface area contributed by atoms with Crippen LogP contribution in [0.4, 0.5) is 15.0 Å². The zero-order valence-corrected chi connectivity index (χ0v) is 26.3. The highest BCUT2D eigenvalue weighted by Crippen LogP contribution is 2.23. The van der Waals surface area contributed by atoms with Crippen molar-refractivity contribution >= 4 is 29.7 Å². The number of esters is 1. The zero-order chi connectivity index (χ0) is 33.2. The lowest BCUT2D eigenvalue weighted by Gasteiger charge is -2.29. The monoisotopic (exact) mass is 625 g/mol. The lowest BCUT2D eigenvalue weighted by atomic mass is 10.0. The highest BCUT2D eigenvalue weighted by atomic mass is 19.1. The first-order chi connectivity index (χ1) is 21.2. The van der Waals surface area contributed by atoms with Gasteiger partial charge in [-0.25, -0.2) is 19.0 Å². The molecule has 0 spiro atoms. The summed E-state index contributed by atoms with van der Waals surface area (Å²) < 4.78 is 31.6. The van der Waals surface area contributed by atoms with E-state index in [0.29, 0.717) is 5.56 Å². The Labute approximate surface area is 261 Å². The van der Waals surface area contributed by atoms with Gasteiger partial charge >= 0.3 is 12.1 Å². The van der Waals surface area contributed by atoms with Crippen molar-refractivity contribution < 1.29 is 37.8 Å². The number of ether oxygens (including phenoxy) is 3. The lowest BCUT2D eigenvalue weighted by Crippen LogP contribution is -2.59. The maximum absolute atomic E-state index is 14.0. The fraction of sp³-hybridized carbons (Fsp3) is 0.406. The van der Waals surface area contributed by atoms with E-state index in [1.807, 2.05) is 30.3 Å². The summed E-state index contributed by atoms with van der Waals surface area (Å²) >= 11 is 0. The normalized spacial score (nSPS) is 12.9. The van der Waals surface area contributed by atoms with E-state index in [0.717, 1.165) is 5.56 Å². The van der Waals surface area contributed by atoms with E-state index >= 15 is 0 Å². The first kappa shape index (κ1) is 34.7. The van der Waals surface area contributed by atoms with Gasteiger partial charge in [-0.15, -0.1) is 0 Å². The van der Waals surface area contributed by atoms with Crippen LogP contribution in [0.5, 0.6) is 0 Å². The van der Waals surface area contributed by atoms with Crippen LogP contribution < -0.4 is 16.0 Å². The molecule has 0 fully saturated rings. The van der Waals surface area contributed by atoms with Gasteiger partial charge in [0.15, 0.2) is 11.9 Å². The minimum atomic E-state index is -1.46. The largest absolute Gasteiger partial charge is 0.464 e. The summed E-state index contributed by atoms with van der Waals surface area (Å²) in [5, 5.41) is 7.77. The fourth-order valence-electron chi connectivity index (χ4n) is 4.09. The predicted molar refractivity (Wildman–Crippen MR) is 164 cm³/mol. The Morgan fingerprint density at radius 1 is 1.00 bits per heavy atom. The topological polar surface area (TPSA) is 150 Å². The molecule has 3 N–H and O–H groups in total. The second-order valence-corrected chi connectivity index (χ2v) is 11.7. The van der Waals surface area contributed by atoms with Crippen molar-refractivity contribution in [2.75, 3.05) is 18.5 Å². The molecular weight excluding hydrogens is 585 g/mol. The fourth-order valence-corrected chi connectivity index (χ4v) is 4.09. The Kier molecular flexibility index (Phi) is 11.8. The molecule has 2 atom stereocenters. The molecule has 13 heteroatoms. The van der Waals surface area contributed by atoms with Crippen molar-refractivity contribution in [2.45, 2.75) is 71.4 Å². The summed E-state index contributed by atoms with van der Waals surface area (Å²) in [5.41, 5.74) is -1.06. The van der Waals surface area contributed by atoms with Gasteiger partial charge < -0.3 is 34.7 Å². The molecular formula is C32H40FN5O7.